The average molecular weight is 218 g/mol. The largest absolute Gasteiger partial charge is 0.480 e. The maximum atomic E-state index is 13.1. The van der Waals surface area contributed by atoms with Gasteiger partial charge >= 0.3 is 5.97 Å². The summed E-state index contributed by atoms with van der Waals surface area (Å²) in [6.45, 7) is 0. The van der Waals surface area contributed by atoms with Gasteiger partial charge < -0.3 is 10.8 Å². The zero-order valence-corrected chi connectivity index (χ0v) is 7.96. The van der Waals surface area contributed by atoms with Crippen molar-refractivity contribution in [2.45, 2.75) is 12.5 Å². The van der Waals surface area contributed by atoms with Gasteiger partial charge in [-0.1, -0.05) is 17.7 Å². The first-order valence-corrected chi connectivity index (χ1v) is 4.31. The molecule has 5 heteroatoms. The smallest absolute Gasteiger partial charge is 0.320 e. The second-order valence-electron chi connectivity index (χ2n) is 2.88. The average Bonchev–Trinajstić information content (AvgIpc) is 2.09. The normalized spacial score (nSPS) is 12.5. The Labute approximate surface area is 85.3 Å². The summed E-state index contributed by atoms with van der Waals surface area (Å²) in [5, 5.41) is 8.79. The second-order valence-corrected chi connectivity index (χ2v) is 3.32. The van der Waals surface area contributed by atoms with Crippen LogP contribution in [0.25, 0.3) is 0 Å². The first kappa shape index (κ1) is 10.9. The van der Waals surface area contributed by atoms with Crippen LogP contribution in [0, 0.1) is 5.82 Å². The molecule has 14 heavy (non-hydrogen) atoms. The summed E-state index contributed by atoms with van der Waals surface area (Å²) < 4.78 is 13.1. The minimum absolute atomic E-state index is 0.0433. The number of aliphatic carboxylic acids is 1. The monoisotopic (exact) mass is 217 g/mol. The molecular weight excluding hydrogens is 209 g/mol. The molecule has 0 saturated carbocycles. The van der Waals surface area contributed by atoms with Crippen LogP contribution in [0.3, 0.4) is 0 Å². The van der Waals surface area contributed by atoms with Crippen LogP contribution in [0.15, 0.2) is 18.2 Å². The van der Waals surface area contributed by atoms with Gasteiger partial charge in [-0.05, 0) is 17.7 Å². The molecule has 0 aliphatic carbocycles. The van der Waals surface area contributed by atoms with E-state index in [1.54, 1.807) is 0 Å². The van der Waals surface area contributed by atoms with Crippen LogP contribution in [-0.2, 0) is 11.2 Å². The van der Waals surface area contributed by atoms with E-state index in [9.17, 15) is 9.18 Å². The van der Waals surface area contributed by atoms with E-state index in [2.05, 4.69) is 0 Å². The standard InChI is InChI=1S/C9H9ClFNO2/c10-6-2-1-5(7(11)4-6)3-8(12)9(13)14/h1-2,4,8H,3,12H2,(H,13,14). The van der Waals surface area contributed by atoms with Crippen molar-refractivity contribution in [2.75, 3.05) is 0 Å². The van der Waals surface area contributed by atoms with Crippen LogP contribution in [0.4, 0.5) is 4.39 Å². The van der Waals surface area contributed by atoms with Crippen molar-refractivity contribution < 1.29 is 14.3 Å². The Kier molecular flexibility index (Phi) is 3.43. The molecule has 0 heterocycles. The van der Waals surface area contributed by atoms with E-state index >= 15 is 0 Å². The Morgan fingerprint density at radius 1 is 1.64 bits per heavy atom. The molecule has 1 rings (SSSR count). The predicted molar refractivity (Wildman–Crippen MR) is 50.7 cm³/mol. The van der Waals surface area contributed by atoms with Gasteiger partial charge in [0, 0.05) is 11.4 Å². The summed E-state index contributed by atoms with van der Waals surface area (Å²) in [6.07, 6.45) is -0.0433. The molecule has 0 fully saturated rings. The molecule has 0 aliphatic heterocycles. The summed E-state index contributed by atoms with van der Waals surface area (Å²) in [5.74, 6) is -1.69. The lowest BCUT2D eigenvalue weighted by Gasteiger charge is -2.07. The quantitative estimate of drug-likeness (QED) is 0.805. The van der Waals surface area contributed by atoms with Gasteiger partial charge in [-0.15, -0.1) is 0 Å². The number of carboxylic acids is 1. The van der Waals surface area contributed by atoms with Crippen LogP contribution >= 0.6 is 11.6 Å². The molecule has 1 aromatic rings. The van der Waals surface area contributed by atoms with Gasteiger partial charge in [-0.25, -0.2) is 4.39 Å². The number of rotatable bonds is 3. The van der Waals surface area contributed by atoms with E-state index in [4.69, 9.17) is 22.4 Å². The Hall–Kier alpha value is -1.13. The van der Waals surface area contributed by atoms with Crippen LogP contribution in [0.5, 0.6) is 0 Å². The maximum Gasteiger partial charge on any atom is 0.320 e. The molecular formula is C9H9ClFNO2. The summed E-state index contributed by atoms with van der Waals surface area (Å²) in [4.78, 5) is 10.4. The zero-order chi connectivity index (χ0) is 10.7. The Bertz CT molecular complexity index is 357. The Morgan fingerprint density at radius 3 is 2.79 bits per heavy atom. The number of carboxylic acid groups (broad SMARTS) is 1. The number of hydrogen-bond donors (Lipinski definition) is 2. The van der Waals surface area contributed by atoms with E-state index in [0.717, 1.165) is 6.07 Å². The predicted octanol–water partition coefficient (Wildman–Crippen LogP) is 1.43. The summed E-state index contributed by atoms with van der Waals surface area (Å²) in [5.41, 5.74) is 5.51. The molecule has 0 aromatic heterocycles. The second kappa shape index (κ2) is 4.39. The molecule has 0 spiro atoms. The molecule has 0 bridgehead atoms. The van der Waals surface area contributed by atoms with E-state index in [-0.39, 0.29) is 17.0 Å². The van der Waals surface area contributed by atoms with Crippen LogP contribution in [-0.4, -0.2) is 17.1 Å². The third-order valence-corrected chi connectivity index (χ3v) is 2.01. The van der Waals surface area contributed by atoms with Crippen molar-refractivity contribution in [3.8, 4) is 0 Å². The third-order valence-electron chi connectivity index (χ3n) is 1.77. The van der Waals surface area contributed by atoms with Crippen molar-refractivity contribution in [2.24, 2.45) is 5.73 Å². The fourth-order valence-electron chi connectivity index (χ4n) is 1.01. The van der Waals surface area contributed by atoms with Crippen LogP contribution in [0.2, 0.25) is 5.02 Å². The molecule has 0 radical (unpaired) electrons. The first-order valence-electron chi connectivity index (χ1n) is 3.93. The van der Waals surface area contributed by atoms with E-state index in [0.29, 0.717) is 0 Å². The van der Waals surface area contributed by atoms with Crippen molar-refractivity contribution in [1.82, 2.24) is 0 Å². The van der Waals surface area contributed by atoms with Crippen LogP contribution < -0.4 is 5.73 Å². The minimum Gasteiger partial charge on any atom is -0.480 e. The Balaban J connectivity index is 2.82. The fourth-order valence-corrected chi connectivity index (χ4v) is 1.17. The van der Waals surface area contributed by atoms with Gasteiger partial charge in [0.1, 0.15) is 11.9 Å². The molecule has 1 atom stereocenters. The SMILES string of the molecule is NC(Cc1ccc(Cl)cc1F)C(=O)O. The summed E-state index contributed by atoms with van der Waals surface area (Å²) in [7, 11) is 0. The van der Waals surface area contributed by atoms with Gasteiger partial charge in [-0.3, -0.25) is 4.79 Å². The minimum atomic E-state index is -1.15. The molecule has 1 aromatic carbocycles. The zero-order valence-electron chi connectivity index (χ0n) is 7.21. The molecule has 0 amide bonds. The highest BCUT2D eigenvalue weighted by molar-refractivity contribution is 6.30. The number of halogens is 2. The number of benzene rings is 1. The number of hydrogen-bond acceptors (Lipinski definition) is 2. The molecule has 1 unspecified atom stereocenters. The highest BCUT2D eigenvalue weighted by Crippen LogP contribution is 2.15. The summed E-state index contributed by atoms with van der Waals surface area (Å²) in [6, 6.07) is 2.96. The van der Waals surface area contributed by atoms with Crippen molar-refractivity contribution >= 4 is 17.6 Å². The summed E-state index contributed by atoms with van der Waals surface area (Å²) >= 11 is 5.53. The van der Waals surface area contributed by atoms with E-state index < -0.39 is 17.8 Å². The number of carbonyl (C=O) groups is 1. The fraction of sp³-hybridized carbons (Fsp3) is 0.222. The topological polar surface area (TPSA) is 63.3 Å². The van der Waals surface area contributed by atoms with Gasteiger partial charge in [0.25, 0.3) is 0 Å². The Morgan fingerprint density at radius 2 is 2.29 bits per heavy atom. The van der Waals surface area contributed by atoms with E-state index in [1.165, 1.54) is 12.1 Å². The highest BCUT2D eigenvalue weighted by Gasteiger charge is 2.14. The van der Waals surface area contributed by atoms with E-state index in [1.807, 2.05) is 0 Å². The van der Waals surface area contributed by atoms with Gasteiger partial charge in [0.2, 0.25) is 0 Å². The lowest BCUT2D eigenvalue weighted by molar-refractivity contribution is -0.138. The van der Waals surface area contributed by atoms with Crippen LogP contribution in [0.1, 0.15) is 5.56 Å². The number of nitrogens with two attached hydrogens (primary N) is 1. The molecule has 76 valence electrons. The molecule has 3 nitrogen and oxygen atoms in total. The van der Waals surface area contributed by atoms with Gasteiger partial charge in [0.05, 0.1) is 0 Å². The van der Waals surface area contributed by atoms with Gasteiger partial charge in [-0.2, -0.15) is 0 Å². The third kappa shape index (κ3) is 2.68. The molecule has 3 N–H and O–H groups in total. The highest BCUT2D eigenvalue weighted by atomic mass is 35.5. The molecule has 0 saturated heterocycles. The lowest BCUT2D eigenvalue weighted by Crippen LogP contribution is -2.32. The van der Waals surface area contributed by atoms with Crippen molar-refractivity contribution in [3.05, 3.63) is 34.6 Å². The van der Waals surface area contributed by atoms with Crippen molar-refractivity contribution in [3.63, 3.8) is 0 Å². The lowest BCUT2D eigenvalue weighted by atomic mass is 10.1. The van der Waals surface area contributed by atoms with Gasteiger partial charge in [0.15, 0.2) is 0 Å². The van der Waals surface area contributed by atoms with Crippen molar-refractivity contribution in [1.29, 1.82) is 0 Å². The first-order chi connectivity index (χ1) is 6.50. The molecule has 0 aliphatic rings. The maximum absolute atomic E-state index is 13.1.